The van der Waals surface area contributed by atoms with Crippen molar-refractivity contribution < 1.29 is 9.59 Å². The molecule has 0 radical (unpaired) electrons. The van der Waals surface area contributed by atoms with Crippen LogP contribution in [0.15, 0.2) is 65.1 Å². The monoisotopic (exact) mass is 491 g/mol. The maximum Gasteiger partial charge on any atom is 0.257 e. The predicted molar refractivity (Wildman–Crippen MR) is 130 cm³/mol. The topological polar surface area (TPSA) is 62.3 Å². The van der Waals surface area contributed by atoms with E-state index in [4.69, 9.17) is 4.98 Å². The number of likely N-dealkylation sites (tertiary alicyclic amines) is 1. The van der Waals surface area contributed by atoms with Crippen molar-refractivity contribution >= 4 is 33.4 Å². The van der Waals surface area contributed by atoms with Crippen molar-refractivity contribution in [1.29, 1.82) is 0 Å². The Labute approximate surface area is 197 Å². The van der Waals surface area contributed by atoms with Crippen LogP contribution in [0.5, 0.6) is 0 Å². The molecule has 1 aromatic heterocycles. The molecule has 4 rings (SSSR count). The number of aryl methyl sites for hydroxylation is 2. The molecule has 1 aliphatic heterocycles. The summed E-state index contributed by atoms with van der Waals surface area (Å²) in [7, 11) is 0. The van der Waals surface area contributed by atoms with Gasteiger partial charge in [0.15, 0.2) is 0 Å². The molecule has 0 atom stereocenters. The van der Waals surface area contributed by atoms with Crippen LogP contribution in [0.1, 0.15) is 56.4 Å². The lowest BCUT2D eigenvalue weighted by atomic mass is 9.89. The van der Waals surface area contributed by atoms with Crippen molar-refractivity contribution in [2.45, 2.75) is 32.6 Å². The average molecular weight is 492 g/mol. The molecule has 3 aromatic rings. The van der Waals surface area contributed by atoms with Gasteiger partial charge in [0.25, 0.3) is 11.8 Å². The molecule has 1 N–H and O–H groups in total. The Balaban J connectivity index is 1.47. The molecule has 0 saturated carbocycles. The van der Waals surface area contributed by atoms with Gasteiger partial charge in [0.1, 0.15) is 0 Å². The molecule has 1 saturated heterocycles. The number of halogens is 1. The molecule has 2 heterocycles. The second-order valence-electron chi connectivity index (χ2n) is 8.28. The molecule has 1 aliphatic rings. The van der Waals surface area contributed by atoms with E-state index in [1.807, 2.05) is 79.4 Å². The van der Waals surface area contributed by atoms with E-state index in [2.05, 4.69) is 21.2 Å². The number of piperidine rings is 1. The number of hydrogen-bond acceptors (Lipinski definition) is 3. The lowest BCUT2D eigenvalue weighted by Gasteiger charge is -2.32. The van der Waals surface area contributed by atoms with E-state index >= 15 is 0 Å². The molecular weight excluding hydrogens is 466 g/mol. The molecule has 164 valence electrons. The molecule has 0 bridgehead atoms. The van der Waals surface area contributed by atoms with Gasteiger partial charge < -0.3 is 10.2 Å². The number of benzene rings is 2. The highest BCUT2D eigenvalue weighted by molar-refractivity contribution is 9.10. The van der Waals surface area contributed by atoms with Crippen LogP contribution < -0.4 is 5.32 Å². The van der Waals surface area contributed by atoms with E-state index in [1.54, 1.807) is 0 Å². The van der Waals surface area contributed by atoms with Gasteiger partial charge in [-0.15, -0.1) is 0 Å². The van der Waals surface area contributed by atoms with Gasteiger partial charge in [-0.05, 0) is 75.2 Å². The minimum Gasteiger partial charge on any atom is -0.339 e. The highest BCUT2D eigenvalue weighted by atomic mass is 79.9. The maximum absolute atomic E-state index is 13.0. The van der Waals surface area contributed by atoms with Crippen molar-refractivity contribution in [3.8, 4) is 0 Å². The largest absolute Gasteiger partial charge is 0.339 e. The molecule has 0 aliphatic carbocycles. The lowest BCUT2D eigenvalue weighted by molar-refractivity contribution is 0.0711. The fraction of sp³-hybridized carbons (Fsp3) is 0.269. The Morgan fingerprint density at radius 3 is 2.25 bits per heavy atom. The smallest absolute Gasteiger partial charge is 0.257 e. The predicted octanol–water partition coefficient (Wildman–Crippen LogP) is 5.73. The van der Waals surface area contributed by atoms with Gasteiger partial charge in [-0.1, -0.05) is 33.6 Å². The summed E-state index contributed by atoms with van der Waals surface area (Å²) in [6.45, 7) is 5.25. The molecule has 2 aromatic carbocycles. The fourth-order valence-corrected chi connectivity index (χ4v) is 4.31. The van der Waals surface area contributed by atoms with Crippen LogP contribution in [0.2, 0.25) is 0 Å². The van der Waals surface area contributed by atoms with E-state index in [9.17, 15) is 9.59 Å². The summed E-state index contributed by atoms with van der Waals surface area (Å²) in [5.74, 6) is 0.0397. The summed E-state index contributed by atoms with van der Waals surface area (Å²) in [4.78, 5) is 32.5. The van der Waals surface area contributed by atoms with Crippen LogP contribution in [-0.2, 0) is 0 Å². The van der Waals surface area contributed by atoms with E-state index in [0.29, 0.717) is 24.2 Å². The molecule has 1 fully saturated rings. The average Bonchev–Trinajstić information content (AvgIpc) is 2.80. The minimum atomic E-state index is -0.148. The Bertz CT molecular complexity index is 1120. The molecular formula is C26H26BrN3O2. The van der Waals surface area contributed by atoms with Crippen LogP contribution in [-0.4, -0.2) is 34.8 Å². The van der Waals surface area contributed by atoms with Gasteiger partial charge in [0.2, 0.25) is 0 Å². The van der Waals surface area contributed by atoms with Crippen LogP contribution >= 0.6 is 15.9 Å². The zero-order chi connectivity index (χ0) is 22.7. The van der Waals surface area contributed by atoms with Gasteiger partial charge >= 0.3 is 0 Å². The van der Waals surface area contributed by atoms with Crippen molar-refractivity contribution in [3.05, 3.63) is 93.2 Å². The highest BCUT2D eigenvalue weighted by Gasteiger charge is 2.28. The summed E-state index contributed by atoms with van der Waals surface area (Å²) in [6, 6.07) is 18.9. The first-order chi connectivity index (χ1) is 15.4. The number of amides is 2. The number of pyridine rings is 1. The molecule has 2 amide bonds. The van der Waals surface area contributed by atoms with Crippen LogP contribution in [0.25, 0.3) is 0 Å². The third-order valence-electron chi connectivity index (χ3n) is 5.88. The highest BCUT2D eigenvalue weighted by Crippen LogP contribution is 2.30. The van der Waals surface area contributed by atoms with Crippen LogP contribution in [0.4, 0.5) is 5.69 Å². The first kappa shape index (κ1) is 22.2. The molecule has 5 nitrogen and oxygen atoms in total. The number of nitrogens with one attached hydrogen (secondary N) is 1. The molecule has 32 heavy (non-hydrogen) atoms. The normalized spacial score (nSPS) is 14.3. The van der Waals surface area contributed by atoms with Gasteiger partial charge in [-0.2, -0.15) is 0 Å². The Hall–Kier alpha value is -2.99. The second-order valence-corrected chi connectivity index (χ2v) is 9.19. The molecule has 0 unspecified atom stereocenters. The number of carbonyl (C=O) groups excluding carboxylic acids is 2. The third kappa shape index (κ3) is 5.07. The van der Waals surface area contributed by atoms with E-state index in [1.165, 1.54) is 0 Å². The van der Waals surface area contributed by atoms with Gasteiger partial charge in [-0.25, -0.2) is 0 Å². The molecule has 6 heteroatoms. The second kappa shape index (κ2) is 9.65. The van der Waals surface area contributed by atoms with E-state index in [-0.39, 0.29) is 17.7 Å². The van der Waals surface area contributed by atoms with Gasteiger partial charge in [0.05, 0.1) is 11.3 Å². The number of rotatable bonds is 4. The number of nitrogens with zero attached hydrogens (tertiary/aromatic N) is 2. The van der Waals surface area contributed by atoms with Crippen LogP contribution in [0.3, 0.4) is 0 Å². The summed E-state index contributed by atoms with van der Waals surface area (Å²) in [5, 5.41) is 2.99. The van der Waals surface area contributed by atoms with Gasteiger partial charge in [-0.3, -0.25) is 14.6 Å². The summed E-state index contributed by atoms with van der Waals surface area (Å²) < 4.78 is 0.953. The first-order valence-electron chi connectivity index (χ1n) is 10.8. The maximum atomic E-state index is 13.0. The SMILES string of the molecule is Cc1ccc(NC(=O)c2ccc(C)nc2C2CCN(C(=O)c3ccc(Br)cc3)CC2)cc1. The Morgan fingerprint density at radius 2 is 1.59 bits per heavy atom. The van der Waals surface area contributed by atoms with E-state index < -0.39 is 0 Å². The number of carbonyl (C=O) groups is 2. The standard InChI is InChI=1S/C26H26BrN3O2/c1-17-3-10-22(11-4-17)29-25(31)23-12-5-18(2)28-24(23)19-13-15-30(16-14-19)26(32)20-6-8-21(27)9-7-20/h3-12,19H,13-16H2,1-2H3,(H,29,31). The molecule has 0 spiro atoms. The Kier molecular flexibility index (Phi) is 6.70. The van der Waals surface area contributed by atoms with Crippen molar-refractivity contribution in [3.63, 3.8) is 0 Å². The zero-order valence-electron chi connectivity index (χ0n) is 18.3. The lowest BCUT2D eigenvalue weighted by Crippen LogP contribution is -2.38. The third-order valence-corrected chi connectivity index (χ3v) is 6.41. The van der Waals surface area contributed by atoms with Crippen molar-refractivity contribution in [2.75, 3.05) is 18.4 Å². The fourth-order valence-electron chi connectivity index (χ4n) is 4.05. The zero-order valence-corrected chi connectivity index (χ0v) is 19.9. The number of aromatic nitrogens is 1. The first-order valence-corrected chi connectivity index (χ1v) is 11.6. The number of anilines is 1. The van der Waals surface area contributed by atoms with Crippen molar-refractivity contribution in [1.82, 2.24) is 9.88 Å². The number of hydrogen-bond donors (Lipinski definition) is 1. The quantitative estimate of drug-likeness (QED) is 0.506. The van der Waals surface area contributed by atoms with Crippen LogP contribution in [0, 0.1) is 13.8 Å². The Morgan fingerprint density at radius 1 is 0.938 bits per heavy atom. The van der Waals surface area contributed by atoms with E-state index in [0.717, 1.165) is 40.0 Å². The summed E-state index contributed by atoms with van der Waals surface area (Å²) in [5.41, 5.74) is 4.92. The van der Waals surface area contributed by atoms with Crippen molar-refractivity contribution in [2.24, 2.45) is 0 Å². The summed E-state index contributed by atoms with van der Waals surface area (Å²) >= 11 is 3.41. The minimum absolute atomic E-state index is 0.0467. The van der Waals surface area contributed by atoms with Gasteiger partial charge in [0, 0.05) is 40.4 Å². The summed E-state index contributed by atoms with van der Waals surface area (Å²) in [6.07, 6.45) is 1.56.